The lowest BCUT2D eigenvalue weighted by Gasteiger charge is -2.07. The van der Waals surface area contributed by atoms with Crippen LogP contribution in [0, 0.1) is 5.82 Å². The first-order chi connectivity index (χ1) is 17.1. The van der Waals surface area contributed by atoms with Gasteiger partial charge in [0.25, 0.3) is 0 Å². The highest BCUT2D eigenvalue weighted by atomic mass is 19.1. The first-order valence-corrected chi connectivity index (χ1v) is 11.6. The molecule has 0 spiro atoms. The molecular formula is C26H28FN5O3. The van der Waals surface area contributed by atoms with Gasteiger partial charge in [0.1, 0.15) is 29.4 Å². The number of amides is 1. The van der Waals surface area contributed by atoms with Crippen molar-refractivity contribution < 1.29 is 19.1 Å². The number of unbranched alkanes of at least 4 members (excludes halogenated alkanes) is 3. The molecule has 0 aliphatic carbocycles. The molecule has 0 bridgehead atoms. The van der Waals surface area contributed by atoms with Gasteiger partial charge in [-0.2, -0.15) is 0 Å². The maximum atomic E-state index is 13.1. The van der Waals surface area contributed by atoms with Gasteiger partial charge in [-0.3, -0.25) is 10.0 Å². The Bertz CT molecular complexity index is 1240. The average molecular weight is 478 g/mol. The topological polar surface area (TPSA) is 112 Å². The van der Waals surface area contributed by atoms with Crippen molar-refractivity contribution in [2.45, 2.75) is 38.6 Å². The number of carbonyl (C=O) groups excluding carboxylic acids is 1. The SMILES string of the molecule is O=C(CCCCCCOc1ccc(-c2cc3c(NCc4ccc(F)cc4)ncnc3[nH]2)cc1)NO. The number of aromatic nitrogens is 3. The Morgan fingerprint density at radius 3 is 2.54 bits per heavy atom. The summed E-state index contributed by atoms with van der Waals surface area (Å²) in [4.78, 5) is 23.0. The summed E-state index contributed by atoms with van der Waals surface area (Å²) in [5.41, 5.74) is 5.25. The summed E-state index contributed by atoms with van der Waals surface area (Å²) >= 11 is 0. The zero-order chi connectivity index (χ0) is 24.5. The van der Waals surface area contributed by atoms with E-state index in [0.29, 0.717) is 25.4 Å². The molecule has 0 unspecified atom stereocenters. The number of H-pyrrole nitrogens is 1. The van der Waals surface area contributed by atoms with E-state index < -0.39 is 0 Å². The normalized spacial score (nSPS) is 10.9. The first kappa shape index (κ1) is 24.2. The summed E-state index contributed by atoms with van der Waals surface area (Å²) in [7, 11) is 0. The molecular weight excluding hydrogens is 449 g/mol. The molecule has 182 valence electrons. The largest absolute Gasteiger partial charge is 0.494 e. The number of anilines is 1. The number of halogens is 1. The van der Waals surface area contributed by atoms with E-state index in [4.69, 9.17) is 9.94 Å². The summed E-state index contributed by atoms with van der Waals surface area (Å²) in [5.74, 6) is 0.900. The Morgan fingerprint density at radius 1 is 1.00 bits per heavy atom. The van der Waals surface area contributed by atoms with Crippen LogP contribution in [0.2, 0.25) is 0 Å². The Balaban J connectivity index is 1.31. The van der Waals surface area contributed by atoms with Gasteiger partial charge < -0.3 is 15.0 Å². The zero-order valence-electron chi connectivity index (χ0n) is 19.3. The van der Waals surface area contributed by atoms with E-state index in [2.05, 4.69) is 20.3 Å². The third-order valence-electron chi connectivity index (χ3n) is 5.66. The van der Waals surface area contributed by atoms with Crippen LogP contribution >= 0.6 is 0 Å². The minimum atomic E-state index is -0.346. The highest BCUT2D eigenvalue weighted by Gasteiger charge is 2.10. The third-order valence-corrected chi connectivity index (χ3v) is 5.66. The molecule has 0 aliphatic rings. The van der Waals surface area contributed by atoms with E-state index in [-0.39, 0.29) is 11.7 Å². The molecule has 0 saturated heterocycles. The number of hydroxylamine groups is 1. The standard InChI is InChI=1S/C26H28FN5O3/c27-20-10-6-18(7-11-20)16-28-25-22-15-23(31-26(22)30-17-29-25)19-8-12-21(13-9-19)35-14-4-2-1-3-5-24(33)32-34/h6-13,15,17,34H,1-5,14,16H2,(H,32,33)(H2,28,29,30,31). The average Bonchev–Trinajstić information content (AvgIpc) is 3.33. The maximum Gasteiger partial charge on any atom is 0.243 e. The van der Waals surface area contributed by atoms with Crippen molar-refractivity contribution in [1.82, 2.24) is 20.4 Å². The molecule has 0 fully saturated rings. The maximum absolute atomic E-state index is 13.1. The first-order valence-electron chi connectivity index (χ1n) is 11.6. The van der Waals surface area contributed by atoms with Gasteiger partial charge in [-0.25, -0.2) is 19.8 Å². The monoisotopic (exact) mass is 477 g/mol. The third kappa shape index (κ3) is 6.77. The predicted octanol–water partition coefficient (Wildman–Crippen LogP) is 5.21. The van der Waals surface area contributed by atoms with Crippen LogP contribution in [0.1, 0.15) is 37.7 Å². The molecule has 4 N–H and O–H groups in total. The number of nitrogens with one attached hydrogen (secondary N) is 3. The molecule has 4 rings (SSSR count). The van der Waals surface area contributed by atoms with Gasteiger partial charge in [-0.15, -0.1) is 0 Å². The van der Waals surface area contributed by atoms with Crippen LogP contribution in [0.25, 0.3) is 22.3 Å². The van der Waals surface area contributed by atoms with Crippen LogP contribution < -0.4 is 15.5 Å². The van der Waals surface area contributed by atoms with Gasteiger partial charge in [0, 0.05) is 18.7 Å². The van der Waals surface area contributed by atoms with E-state index in [1.807, 2.05) is 30.3 Å². The number of nitrogens with zero attached hydrogens (tertiary/aromatic N) is 2. The van der Waals surface area contributed by atoms with Crippen LogP contribution in [-0.4, -0.2) is 32.7 Å². The van der Waals surface area contributed by atoms with Gasteiger partial charge in [-0.05, 0) is 66.4 Å². The van der Waals surface area contributed by atoms with Crippen molar-refractivity contribution in [2.75, 3.05) is 11.9 Å². The van der Waals surface area contributed by atoms with Gasteiger partial charge >= 0.3 is 0 Å². The van der Waals surface area contributed by atoms with E-state index in [0.717, 1.165) is 59.3 Å². The second-order valence-corrected chi connectivity index (χ2v) is 8.22. The number of ether oxygens (including phenoxy) is 1. The highest BCUT2D eigenvalue weighted by Crippen LogP contribution is 2.28. The van der Waals surface area contributed by atoms with Gasteiger partial charge in [0.05, 0.1) is 12.0 Å². The molecule has 0 atom stereocenters. The predicted molar refractivity (Wildman–Crippen MR) is 132 cm³/mol. The number of carbonyl (C=O) groups is 1. The molecule has 2 aromatic heterocycles. The Hall–Kier alpha value is -3.98. The molecule has 35 heavy (non-hydrogen) atoms. The van der Waals surface area contributed by atoms with Crippen LogP contribution in [0.5, 0.6) is 5.75 Å². The quantitative estimate of drug-likeness (QED) is 0.127. The van der Waals surface area contributed by atoms with E-state index in [9.17, 15) is 9.18 Å². The second-order valence-electron chi connectivity index (χ2n) is 8.22. The fourth-order valence-corrected chi connectivity index (χ4v) is 3.74. The van der Waals surface area contributed by atoms with E-state index in [1.165, 1.54) is 18.5 Å². The van der Waals surface area contributed by atoms with Crippen molar-refractivity contribution in [3.63, 3.8) is 0 Å². The Morgan fingerprint density at radius 2 is 1.77 bits per heavy atom. The molecule has 4 aromatic rings. The molecule has 9 heteroatoms. The molecule has 2 heterocycles. The summed E-state index contributed by atoms with van der Waals surface area (Å²) in [5, 5.41) is 12.7. The van der Waals surface area contributed by atoms with Crippen molar-refractivity contribution >= 4 is 22.8 Å². The number of hydrogen-bond acceptors (Lipinski definition) is 6. The van der Waals surface area contributed by atoms with Crippen molar-refractivity contribution in [1.29, 1.82) is 0 Å². The van der Waals surface area contributed by atoms with Crippen LogP contribution in [0.3, 0.4) is 0 Å². The smallest absolute Gasteiger partial charge is 0.243 e. The van der Waals surface area contributed by atoms with Crippen molar-refractivity contribution in [3.05, 3.63) is 72.3 Å². The molecule has 0 saturated carbocycles. The van der Waals surface area contributed by atoms with Gasteiger partial charge in [0.15, 0.2) is 0 Å². The highest BCUT2D eigenvalue weighted by molar-refractivity contribution is 5.91. The molecule has 1 amide bonds. The van der Waals surface area contributed by atoms with Crippen LogP contribution in [-0.2, 0) is 11.3 Å². The Labute approximate surface area is 202 Å². The summed E-state index contributed by atoms with van der Waals surface area (Å²) in [6, 6.07) is 16.2. The van der Waals surface area contributed by atoms with Crippen LogP contribution in [0.15, 0.2) is 60.9 Å². The lowest BCUT2D eigenvalue weighted by molar-refractivity contribution is -0.129. The molecule has 8 nitrogen and oxygen atoms in total. The second kappa shape index (κ2) is 11.9. The number of fused-ring (bicyclic) bond motifs is 1. The van der Waals surface area contributed by atoms with E-state index in [1.54, 1.807) is 17.6 Å². The van der Waals surface area contributed by atoms with E-state index >= 15 is 0 Å². The van der Waals surface area contributed by atoms with Crippen LogP contribution in [0.4, 0.5) is 10.2 Å². The minimum Gasteiger partial charge on any atom is -0.494 e. The fourth-order valence-electron chi connectivity index (χ4n) is 3.74. The van der Waals surface area contributed by atoms with Crippen molar-refractivity contribution in [3.8, 4) is 17.0 Å². The van der Waals surface area contributed by atoms with Gasteiger partial charge in [-0.1, -0.05) is 25.0 Å². The Kier molecular flexibility index (Phi) is 8.24. The zero-order valence-corrected chi connectivity index (χ0v) is 19.3. The number of rotatable bonds is 12. The number of hydrogen-bond donors (Lipinski definition) is 4. The summed E-state index contributed by atoms with van der Waals surface area (Å²) in [6.45, 7) is 1.13. The summed E-state index contributed by atoms with van der Waals surface area (Å²) in [6.07, 6.45) is 5.37. The number of aromatic amines is 1. The van der Waals surface area contributed by atoms with Gasteiger partial charge in [0.2, 0.25) is 5.91 Å². The molecule has 0 aliphatic heterocycles. The van der Waals surface area contributed by atoms with Crippen molar-refractivity contribution in [2.24, 2.45) is 0 Å². The summed E-state index contributed by atoms with van der Waals surface area (Å²) < 4.78 is 18.9. The minimum absolute atomic E-state index is 0.258. The number of benzene rings is 2. The molecule has 2 aromatic carbocycles. The fraction of sp³-hybridized carbons (Fsp3) is 0.269. The lowest BCUT2D eigenvalue weighted by Crippen LogP contribution is -2.17. The lowest BCUT2D eigenvalue weighted by atomic mass is 10.1. The molecule has 0 radical (unpaired) electrons.